The fourth-order valence-electron chi connectivity index (χ4n) is 7.16. The Kier molecular flexibility index (Phi) is 14.4. The SMILES string of the molecule is CCC(C)(CC)C(=O)/C=C(\O)C(C)(CC)CC.Cc1sc2c(-c3ccc4c(CC(C)C)coc4c3)cc(-c3[c-]c4ccccc4c(C(C)(C)C)c3)nc2c1C.[Ir]. The van der Waals surface area contributed by atoms with E-state index in [1.165, 1.54) is 48.7 Å². The number of allylic oxidation sites excluding steroid dienone is 2. The van der Waals surface area contributed by atoms with Crippen LogP contribution in [0.15, 0.2) is 77.1 Å². The number of rotatable bonds is 11. The molecule has 0 spiro atoms. The summed E-state index contributed by atoms with van der Waals surface area (Å²) in [7, 11) is 0. The number of aryl methyl sites for hydroxylation is 2. The van der Waals surface area contributed by atoms with E-state index in [0.29, 0.717) is 5.92 Å². The van der Waals surface area contributed by atoms with Gasteiger partial charge >= 0.3 is 0 Å². The molecule has 0 saturated heterocycles. The molecular weight excluding hydrogens is 887 g/mol. The van der Waals surface area contributed by atoms with Gasteiger partial charge in [0.05, 0.1) is 16.5 Å². The number of hydrogen-bond donors (Lipinski definition) is 1. The van der Waals surface area contributed by atoms with Crippen molar-refractivity contribution in [1.82, 2.24) is 4.98 Å². The number of benzene rings is 3. The first-order valence-electron chi connectivity index (χ1n) is 20.2. The Balaban J connectivity index is 0.000000330. The molecule has 0 unspecified atom stereocenters. The van der Waals surface area contributed by atoms with Crippen molar-refractivity contribution in [3.8, 4) is 22.4 Å². The molecule has 0 amide bonds. The maximum atomic E-state index is 12.2. The normalized spacial score (nSPS) is 12.6. The summed E-state index contributed by atoms with van der Waals surface area (Å²) in [4.78, 5) is 18.7. The number of thiophene rings is 1. The molecular formula is C50H62IrNO3S-. The van der Waals surface area contributed by atoms with Crippen LogP contribution in [0.1, 0.15) is 123 Å². The number of pyridine rings is 1. The van der Waals surface area contributed by atoms with Crippen LogP contribution in [0.25, 0.3) is 54.3 Å². The van der Waals surface area contributed by atoms with Gasteiger partial charge in [-0.1, -0.05) is 124 Å². The van der Waals surface area contributed by atoms with Crippen LogP contribution in [-0.2, 0) is 36.7 Å². The second-order valence-corrected chi connectivity index (χ2v) is 18.6. The van der Waals surface area contributed by atoms with Crippen LogP contribution in [0.5, 0.6) is 0 Å². The molecule has 1 N–H and O–H groups in total. The van der Waals surface area contributed by atoms with Crippen molar-refractivity contribution >= 4 is 49.1 Å². The molecule has 0 aliphatic rings. The molecule has 3 heterocycles. The molecule has 6 heteroatoms. The minimum Gasteiger partial charge on any atom is -0.512 e. The van der Waals surface area contributed by atoms with Crippen LogP contribution >= 0.6 is 11.3 Å². The predicted octanol–water partition coefficient (Wildman–Crippen LogP) is 15.1. The number of carbonyl (C=O) groups is 1. The molecule has 1 radical (unpaired) electrons. The van der Waals surface area contributed by atoms with Gasteiger partial charge < -0.3 is 9.52 Å². The topological polar surface area (TPSA) is 63.3 Å². The van der Waals surface area contributed by atoms with Crippen LogP contribution in [0, 0.1) is 36.7 Å². The Morgan fingerprint density at radius 1 is 0.893 bits per heavy atom. The predicted molar refractivity (Wildman–Crippen MR) is 236 cm³/mol. The number of aliphatic hydroxyl groups is 1. The van der Waals surface area contributed by atoms with Gasteiger partial charge in [0, 0.05) is 53.0 Å². The van der Waals surface area contributed by atoms with E-state index in [2.05, 4.69) is 109 Å². The quantitative estimate of drug-likeness (QED) is 0.0798. The average molecular weight is 949 g/mol. The molecule has 0 aliphatic heterocycles. The van der Waals surface area contributed by atoms with Crippen LogP contribution < -0.4 is 0 Å². The Hall–Kier alpha value is -3.57. The number of furan rings is 1. The molecule has 301 valence electrons. The number of nitrogens with zero attached hydrogens (tertiary/aromatic N) is 1. The first-order chi connectivity index (χ1) is 25.9. The summed E-state index contributed by atoms with van der Waals surface area (Å²) in [5.74, 6) is 0.875. The third-order valence-electron chi connectivity index (χ3n) is 12.2. The van der Waals surface area contributed by atoms with Gasteiger partial charge in [0.15, 0.2) is 5.78 Å². The zero-order valence-electron chi connectivity index (χ0n) is 35.9. The van der Waals surface area contributed by atoms with Crippen LogP contribution in [0.4, 0.5) is 0 Å². The van der Waals surface area contributed by atoms with Gasteiger partial charge in [-0.15, -0.1) is 40.5 Å². The van der Waals surface area contributed by atoms with Crippen molar-refractivity contribution < 1.29 is 34.4 Å². The van der Waals surface area contributed by atoms with E-state index < -0.39 is 0 Å². The standard InChI is InChI=1S/C35H34NOS.C15H28O2.Ir/c1-20(2)14-26-19-37-32-17-24(12-13-28(26)32)29-18-31(36-33-21(3)22(4)38-34(29)33)25-15-23-10-8-9-11-27(23)30(16-25)35(5,6)7;1-7-14(5,8-2)12(16)11-13(17)15(6,9-3)10-4;/h8-13,16-20H,14H2,1-7H3;11,16H,7-10H2,1-6H3;/q-1;;/b;12-11-;. The van der Waals surface area contributed by atoms with Gasteiger partial charge in [0.2, 0.25) is 0 Å². The van der Waals surface area contributed by atoms with Gasteiger partial charge in [-0.2, -0.15) is 0 Å². The fourth-order valence-corrected chi connectivity index (χ4v) is 8.30. The third-order valence-corrected chi connectivity index (χ3v) is 13.4. The summed E-state index contributed by atoms with van der Waals surface area (Å²) >= 11 is 1.83. The van der Waals surface area contributed by atoms with Crippen LogP contribution in [-0.4, -0.2) is 15.9 Å². The fraction of sp³-hybridized carbons (Fsp3) is 0.440. The van der Waals surface area contributed by atoms with Gasteiger partial charge in [0.1, 0.15) is 11.3 Å². The average Bonchev–Trinajstić information content (AvgIpc) is 3.70. The molecule has 0 bridgehead atoms. The number of carbonyl (C=O) groups excluding carboxylic acids is 1. The molecule has 56 heavy (non-hydrogen) atoms. The molecule has 0 aliphatic carbocycles. The van der Waals surface area contributed by atoms with Crippen molar-refractivity contribution in [1.29, 1.82) is 0 Å². The first-order valence-corrected chi connectivity index (χ1v) is 21.0. The van der Waals surface area contributed by atoms with Crippen molar-refractivity contribution in [2.75, 3.05) is 0 Å². The van der Waals surface area contributed by atoms with E-state index >= 15 is 0 Å². The molecule has 0 fully saturated rings. The summed E-state index contributed by atoms with van der Waals surface area (Å²) < 4.78 is 7.28. The Morgan fingerprint density at radius 2 is 1.54 bits per heavy atom. The molecule has 3 aromatic heterocycles. The number of aromatic nitrogens is 1. The van der Waals surface area contributed by atoms with Crippen molar-refractivity contribution in [2.24, 2.45) is 16.7 Å². The Bertz CT molecular complexity index is 2340. The van der Waals surface area contributed by atoms with E-state index in [0.717, 1.165) is 65.4 Å². The minimum absolute atomic E-state index is 0. The van der Waals surface area contributed by atoms with Crippen molar-refractivity contribution in [3.05, 3.63) is 100 Å². The monoisotopic (exact) mass is 949 g/mol. The zero-order valence-corrected chi connectivity index (χ0v) is 39.1. The van der Waals surface area contributed by atoms with Crippen molar-refractivity contribution in [2.45, 2.75) is 128 Å². The van der Waals surface area contributed by atoms with E-state index in [4.69, 9.17) is 9.40 Å². The summed E-state index contributed by atoms with van der Waals surface area (Å²) in [5, 5.41) is 13.7. The summed E-state index contributed by atoms with van der Waals surface area (Å²) in [6.07, 6.45) is 7.71. The van der Waals surface area contributed by atoms with Gasteiger partial charge in [0.25, 0.3) is 0 Å². The summed E-state index contributed by atoms with van der Waals surface area (Å²) in [6.45, 7) is 27.8. The maximum absolute atomic E-state index is 12.2. The number of aliphatic hydroxyl groups excluding tert-OH is 1. The number of ketones is 1. The minimum atomic E-state index is -0.337. The van der Waals surface area contributed by atoms with E-state index in [1.807, 2.05) is 59.1 Å². The second kappa shape index (κ2) is 17.9. The molecule has 6 rings (SSSR count). The van der Waals surface area contributed by atoms with E-state index in [-0.39, 0.29) is 47.9 Å². The number of hydrogen-bond acceptors (Lipinski definition) is 5. The van der Waals surface area contributed by atoms with E-state index in [9.17, 15) is 9.90 Å². The smallest absolute Gasteiger partial charge is 0.164 e. The van der Waals surface area contributed by atoms with Crippen LogP contribution in [0.2, 0.25) is 0 Å². The van der Waals surface area contributed by atoms with Gasteiger partial charge in [-0.3, -0.25) is 9.78 Å². The molecule has 6 aromatic rings. The third kappa shape index (κ3) is 9.25. The molecule has 4 nitrogen and oxygen atoms in total. The molecule has 3 aromatic carbocycles. The molecule has 0 saturated carbocycles. The van der Waals surface area contributed by atoms with Gasteiger partial charge in [-0.05, 0) is 85.6 Å². The largest absolute Gasteiger partial charge is 0.512 e. The zero-order chi connectivity index (χ0) is 40.5. The Morgan fingerprint density at radius 3 is 2.14 bits per heavy atom. The summed E-state index contributed by atoms with van der Waals surface area (Å²) in [5.41, 5.74) is 9.65. The second-order valence-electron chi connectivity index (χ2n) is 17.4. The molecule has 0 atom stereocenters. The van der Waals surface area contributed by atoms with Crippen LogP contribution in [0.3, 0.4) is 0 Å². The van der Waals surface area contributed by atoms with E-state index in [1.54, 1.807) is 0 Å². The first kappa shape index (κ1) is 45.1. The summed E-state index contributed by atoms with van der Waals surface area (Å²) in [6, 6.07) is 23.5. The van der Waals surface area contributed by atoms with Crippen molar-refractivity contribution in [3.63, 3.8) is 0 Å². The maximum Gasteiger partial charge on any atom is 0.164 e. The van der Waals surface area contributed by atoms with Gasteiger partial charge in [-0.25, -0.2) is 0 Å². The Labute approximate surface area is 353 Å². The number of fused-ring (bicyclic) bond motifs is 3.